The zero-order valence-corrected chi connectivity index (χ0v) is 32.4. The first-order valence-electron chi connectivity index (χ1n) is 17.9. The van der Waals surface area contributed by atoms with Crippen molar-refractivity contribution in [3.8, 4) is 11.5 Å². The van der Waals surface area contributed by atoms with Gasteiger partial charge in [0.05, 0.1) is 18.0 Å². The Kier molecular flexibility index (Phi) is 16.5. The van der Waals surface area contributed by atoms with Gasteiger partial charge >= 0.3 is 0 Å². The number of unbranched alkanes of at least 4 members (excludes halogenated alkanes) is 1. The number of aliphatic imine (C=N–C) groups is 1. The monoisotopic (exact) mass is 713 g/mol. The number of ketones is 1. The molecule has 3 heterocycles. The van der Waals surface area contributed by atoms with Crippen LogP contribution in [0, 0.1) is 25.6 Å². The molecule has 0 bridgehead atoms. The molecule has 10 nitrogen and oxygen atoms in total. The minimum absolute atomic E-state index is 0.108. The minimum atomic E-state index is -0.474. The van der Waals surface area contributed by atoms with Crippen molar-refractivity contribution in [2.45, 2.75) is 67.7 Å². The summed E-state index contributed by atoms with van der Waals surface area (Å²) < 4.78 is 27.8. The van der Waals surface area contributed by atoms with E-state index in [0.29, 0.717) is 41.3 Å². The van der Waals surface area contributed by atoms with Crippen LogP contribution in [0.1, 0.15) is 70.7 Å². The van der Waals surface area contributed by atoms with Gasteiger partial charge in [-0.25, -0.2) is 19.4 Å². The highest BCUT2D eigenvalue weighted by Gasteiger charge is 2.25. The molecular weight excluding hydrogens is 657 g/mol. The van der Waals surface area contributed by atoms with Crippen molar-refractivity contribution in [1.82, 2.24) is 14.9 Å². The van der Waals surface area contributed by atoms with Crippen LogP contribution in [0.4, 0.5) is 15.9 Å². The first-order valence-corrected chi connectivity index (χ1v) is 17.9. The van der Waals surface area contributed by atoms with E-state index in [1.807, 2.05) is 64.9 Å². The number of pyridine rings is 1. The van der Waals surface area contributed by atoms with Crippen LogP contribution >= 0.6 is 0 Å². The minimum Gasteiger partial charge on any atom is -0.489 e. The zero-order valence-electron chi connectivity index (χ0n) is 32.4. The molecule has 0 saturated carbocycles. The average molecular weight is 714 g/mol. The molecule has 280 valence electrons. The lowest BCUT2D eigenvalue weighted by Crippen LogP contribution is -2.30. The van der Waals surface area contributed by atoms with Gasteiger partial charge in [0.2, 0.25) is 0 Å². The summed E-state index contributed by atoms with van der Waals surface area (Å²) in [6.45, 7) is 20.9. The molecule has 1 aromatic carbocycles. The first-order chi connectivity index (χ1) is 24.9. The molecule has 2 aliphatic heterocycles. The van der Waals surface area contributed by atoms with E-state index >= 15 is 4.39 Å². The smallest absolute Gasteiger partial charge is 0.172 e. The number of carbonyl (C=O) groups excluding carboxylic acids is 1. The van der Waals surface area contributed by atoms with Gasteiger partial charge in [-0.2, -0.15) is 5.10 Å². The number of nitrogens with one attached hydrogen (secondary N) is 1. The second-order valence-corrected chi connectivity index (χ2v) is 13.1. The van der Waals surface area contributed by atoms with Crippen molar-refractivity contribution in [2.75, 3.05) is 50.6 Å². The largest absolute Gasteiger partial charge is 0.489 e. The number of ether oxygens (including phenoxy) is 2. The summed E-state index contributed by atoms with van der Waals surface area (Å²) in [7, 11) is 3.93. The number of allylic oxidation sites excluding steroid dienone is 4. The van der Waals surface area contributed by atoms with Crippen LogP contribution in [-0.4, -0.2) is 73.1 Å². The van der Waals surface area contributed by atoms with Gasteiger partial charge in [0, 0.05) is 56.3 Å². The maximum atomic E-state index is 15.6. The molecule has 1 atom stereocenters. The molecule has 0 aliphatic carbocycles. The molecule has 0 fully saturated rings. The zero-order chi connectivity index (χ0) is 38.2. The Bertz CT molecular complexity index is 1720. The molecule has 11 heteroatoms. The van der Waals surface area contributed by atoms with Crippen LogP contribution in [-0.2, 0) is 4.79 Å². The lowest BCUT2D eigenvalue weighted by molar-refractivity contribution is -0.112. The number of rotatable bonds is 13. The molecule has 4 rings (SSSR count). The Morgan fingerprint density at radius 3 is 2.63 bits per heavy atom. The van der Waals surface area contributed by atoms with E-state index in [0.717, 1.165) is 61.6 Å². The normalized spacial score (nSPS) is 16.2. The number of carbonyl (C=O) groups is 1. The number of aromatic nitrogens is 1. The number of hydrazone groups is 1. The summed E-state index contributed by atoms with van der Waals surface area (Å²) in [5, 5.41) is 9.07. The maximum absolute atomic E-state index is 15.6. The maximum Gasteiger partial charge on any atom is 0.172 e. The number of aryl methyl sites for hydroxylation is 2. The molecule has 1 N–H and O–H groups in total. The number of likely N-dealkylation sites (N-methyl/N-ethyl adjacent to an activating group) is 1. The highest BCUT2D eigenvalue weighted by molar-refractivity contribution is 6.08. The molecular formula is C41H56FN7O3. The van der Waals surface area contributed by atoms with Crippen LogP contribution in [0.3, 0.4) is 0 Å². The van der Waals surface area contributed by atoms with E-state index < -0.39 is 5.82 Å². The molecule has 1 aromatic heterocycles. The van der Waals surface area contributed by atoms with Crippen molar-refractivity contribution in [3.05, 3.63) is 102 Å². The number of halogens is 1. The lowest BCUT2D eigenvalue weighted by Gasteiger charge is -2.25. The van der Waals surface area contributed by atoms with Gasteiger partial charge in [-0.15, -0.1) is 0 Å². The van der Waals surface area contributed by atoms with Crippen molar-refractivity contribution in [1.29, 1.82) is 0 Å². The van der Waals surface area contributed by atoms with Crippen molar-refractivity contribution in [2.24, 2.45) is 16.0 Å². The SMILES string of the molecule is C=C1C=C(Oc2cc(F)c(NC(=N/C=C/CC)c3nc4c(cc3C)OCC(C)CN4CCCC)cc2C)C=CN1/N=C\C.CC(=O)/C=C/CN(C)C. The Balaban J connectivity index is 0.000000715. The summed E-state index contributed by atoms with van der Waals surface area (Å²) in [6.07, 6.45) is 17.0. The number of benzene rings is 1. The van der Waals surface area contributed by atoms with E-state index in [1.54, 1.807) is 54.8 Å². The summed E-state index contributed by atoms with van der Waals surface area (Å²) in [5.41, 5.74) is 3.20. The number of fused-ring (bicyclic) bond motifs is 1. The predicted octanol–water partition coefficient (Wildman–Crippen LogP) is 8.56. The van der Waals surface area contributed by atoms with E-state index in [4.69, 9.17) is 19.5 Å². The quantitative estimate of drug-likeness (QED) is 0.125. The topological polar surface area (TPSA) is 94.9 Å². The lowest BCUT2D eigenvalue weighted by atomic mass is 10.1. The van der Waals surface area contributed by atoms with Crippen molar-refractivity contribution < 1.29 is 18.7 Å². The molecule has 0 spiro atoms. The van der Waals surface area contributed by atoms with Crippen LogP contribution in [0.15, 0.2) is 89.1 Å². The van der Waals surface area contributed by atoms with Crippen LogP contribution in [0.5, 0.6) is 11.5 Å². The van der Waals surface area contributed by atoms with Gasteiger partial charge < -0.3 is 24.6 Å². The number of amidine groups is 1. The Labute approximate surface area is 309 Å². The fourth-order valence-corrected chi connectivity index (χ4v) is 5.20. The molecule has 0 amide bonds. The summed E-state index contributed by atoms with van der Waals surface area (Å²) >= 11 is 0. The van der Waals surface area contributed by atoms with Gasteiger partial charge in [-0.05, 0) is 90.0 Å². The number of nitrogens with zero attached hydrogens (tertiary/aromatic N) is 6. The van der Waals surface area contributed by atoms with Crippen molar-refractivity contribution in [3.63, 3.8) is 0 Å². The molecule has 52 heavy (non-hydrogen) atoms. The fraction of sp³-hybridized carbons (Fsp3) is 0.415. The third-order valence-electron chi connectivity index (χ3n) is 7.86. The highest BCUT2D eigenvalue weighted by atomic mass is 19.1. The van der Waals surface area contributed by atoms with E-state index in [1.165, 1.54) is 6.07 Å². The van der Waals surface area contributed by atoms with Crippen LogP contribution in [0.2, 0.25) is 0 Å². The predicted molar refractivity (Wildman–Crippen MR) is 213 cm³/mol. The van der Waals surface area contributed by atoms with Gasteiger partial charge in [0.25, 0.3) is 0 Å². The number of hydrogen-bond acceptors (Lipinski definition) is 9. The fourth-order valence-electron chi connectivity index (χ4n) is 5.20. The Hall–Kier alpha value is -5.03. The summed E-state index contributed by atoms with van der Waals surface area (Å²) in [5.74, 6) is 2.97. The molecule has 2 aromatic rings. The second kappa shape index (κ2) is 20.7. The van der Waals surface area contributed by atoms with Gasteiger partial charge in [-0.3, -0.25) is 4.79 Å². The Morgan fingerprint density at radius 1 is 1.21 bits per heavy atom. The second-order valence-electron chi connectivity index (χ2n) is 13.1. The van der Waals surface area contributed by atoms with Gasteiger partial charge in [-0.1, -0.05) is 45.9 Å². The first kappa shape index (κ1) is 41.4. The van der Waals surface area contributed by atoms with E-state index in [-0.39, 0.29) is 11.5 Å². The number of anilines is 2. The molecule has 0 saturated heterocycles. The van der Waals surface area contributed by atoms with E-state index in [2.05, 4.69) is 35.7 Å². The van der Waals surface area contributed by atoms with Gasteiger partial charge in [0.1, 0.15) is 23.0 Å². The van der Waals surface area contributed by atoms with Crippen molar-refractivity contribution >= 4 is 29.3 Å². The average Bonchev–Trinajstić information content (AvgIpc) is 3.23. The molecule has 2 aliphatic rings. The standard InChI is InChI=1S/C34H43FN6O2.C7H13NO/c1-8-11-14-36-33(32-25(6)18-31-34(39-32)40(15-12-9-2)21-23(4)22-42-31)38-29-17-24(5)30(20-28(29)35)43-27-13-16-41(37-10-3)26(7)19-27;1-7(9)5-4-6-8(2)3/h10-11,13-14,16-20,23H,7-9,12,15,21-22H2,1-6H3,(H,36,38);4-5H,6H2,1-3H3/b14-11+,37-10-;5-4+. The molecule has 0 radical (unpaired) electrons. The summed E-state index contributed by atoms with van der Waals surface area (Å²) in [4.78, 5) is 24.4. The van der Waals surface area contributed by atoms with E-state index in [9.17, 15) is 4.79 Å². The van der Waals surface area contributed by atoms with Crippen LogP contribution in [0.25, 0.3) is 0 Å². The molecule has 1 unspecified atom stereocenters. The highest BCUT2D eigenvalue weighted by Crippen LogP contribution is 2.34. The third kappa shape index (κ3) is 12.6. The number of hydrogen-bond donors (Lipinski definition) is 1. The third-order valence-corrected chi connectivity index (χ3v) is 7.86. The Morgan fingerprint density at radius 2 is 1.98 bits per heavy atom. The summed E-state index contributed by atoms with van der Waals surface area (Å²) in [6, 6.07) is 5.11. The van der Waals surface area contributed by atoms with Crippen LogP contribution < -0.4 is 19.7 Å². The van der Waals surface area contributed by atoms with Gasteiger partial charge in [0.15, 0.2) is 23.2 Å².